The van der Waals surface area contributed by atoms with Crippen LogP contribution in [0.25, 0.3) is 0 Å². The standard InChI is InChI=1S/C19H23N3O2/c1-14(21-13-18(23)15-7-9-20-10-8-15)16-4-2-5-17(12-16)22-11-3-6-19(22)24/h2,4-5,7-10,12,14,18,21,23H,3,6,11,13H2,1H3. The van der Waals surface area contributed by atoms with E-state index in [2.05, 4.69) is 23.3 Å². The van der Waals surface area contributed by atoms with Crippen molar-refractivity contribution in [1.29, 1.82) is 0 Å². The van der Waals surface area contributed by atoms with Gasteiger partial charge in [0.15, 0.2) is 0 Å². The van der Waals surface area contributed by atoms with E-state index in [1.165, 1.54) is 0 Å². The molecule has 2 atom stereocenters. The highest BCUT2D eigenvalue weighted by molar-refractivity contribution is 5.95. The van der Waals surface area contributed by atoms with Gasteiger partial charge in [-0.25, -0.2) is 0 Å². The second kappa shape index (κ2) is 7.55. The molecule has 126 valence electrons. The Kier molecular flexibility index (Phi) is 5.23. The molecule has 0 spiro atoms. The van der Waals surface area contributed by atoms with Crippen LogP contribution in [0.4, 0.5) is 5.69 Å². The van der Waals surface area contributed by atoms with Gasteiger partial charge in [0.1, 0.15) is 0 Å². The van der Waals surface area contributed by atoms with Crippen LogP contribution in [-0.2, 0) is 4.79 Å². The Labute approximate surface area is 142 Å². The molecule has 1 fully saturated rings. The van der Waals surface area contributed by atoms with Crippen molar-refractivity contribution in [3.8, 4) is 0 Å². The number of hydrogen-bond donors (Lipinski definition) is 2. The third-order valence-corrected chi connectivity index (χ3v) is 4.46. The number of nitrogens with zero attached hydrogens (tertiary/aromatic N) is 2. The van der Waals surface area contributed by atoms with Crippen molar-refractivity contribution in [2.75, 3.05) is 18.0 Å². The molecule has 0 saturated carbocycles. The van der Waals surface area contributed by atoms with Gasteiger partial charge in [0.25, 0.3) is 0 Å². The molecule has 2 unspecified atom stereocenters. The first-order valence-electron chi connectivity index (χ1n) is 8.37. The largest absolute Gasteiger partial charge is 0.387 e. The van der Waals surface area contributed by atoms with E-state index >= 15 is 0 Å². The summed E-state index contributed by atoms with van der Waals surface area (Å²) >= 11 is 0. The summed E-state index contributed by atoms with van der Waals surface area (Å²) in [5.41, 5.74) is 2.91. The predicted octanol–water partition coefficient (Wildman–Crippen LogP) is 2.59. The number of carbonyl (C=O) groups is 1. The van der Waals surface area contributed by atoms with Gasteiger partial charge in [-0.05, 0) is 48.7 Å². The minimum atomic E-state index is -0.571. The van der Waals surface area contributed by atoms with Crippen molar-refractivity contribution >= 4 is 11.6 Å². The van der Waals surface area contributed by atoms with Crippen LogP contribution in [0.3, 0.4) is 0 Å². The topological polar surface area (TPSA) is 65.5 Å². The Balaban J connectivity index is 1.63. The van der Waals surface area contributed by atoms with Crippen LogP contribution in [0, 0.1) is 0 Å². The minimum Gasteiger partial charge on any atom is -0.387 e. The van der Waals surface area contributed by atoms with Gasteiger partial charge in [-0.2, -0.15) is 0 Å². The zero-order valence-corrected chi connectivity index (χ0v) is 13.9. The average Bonchev–Trinajstić information content (AvgIpc) is 3.06. The number of carbonyl (C=O) groups excluding carboxylic acids is 1. The minimum absolute atomic E-state index is 0.0825. The van der Waals surface area contributed by atoms with Crippen molar-refractivity contribution in [1.82, 2.24) is 10.3 Å². The lowest BCUT2D eigenvalue weighted by Gasteiger charge is -2.21. The summed E-state index contributed by atoms with van der Waals surface area (Å²) in [5, 5.41) is 13.6. The number of benzene rings is 1. The summed E-state index contributed by atoms with van der Waals surface area (Å²) < 4.78 is 0. The number of aliphatic hydroxyl groups is 1. The van der Waals surface area contributed by atoms with E-state index < -0.39 is 6.10 Å². The van der Waals surface area contributed by atoms with Crippen LogP contribution in [0.15, 0.2) is 48.8 Å². The summed E-state index contributed by atoms with van der Waals surface area (Å²) in [7, 11) is 0. The van der Waals surface area contributed by atoms with Crippen LogP contribution < -0.4 is 10.2 Å². The summed E-state index contributed by atoms with van der Waals surface area (Å²) in [6, 6.07) is 11.8. The molecule has 0 radical (unpaired) electrons. The lowest BCUT2D eigenvalue weighted by atomic mass is 10.1. The van der Waals surface area contributed by atoms with Gasteiger partial charge in [0.05, 0.1) is 6.10 Å². The first-order valence-corrected chi connectivity index (χ1v) is 8.37. The number of anilines is 1. The Morgan fingerprint density at radius 3 is 2.75 bits per heavy atom. The van der Waals surface area contributed by atoms with Crippen molar-refractivity contribution in [2.24, 2.45) is 0 Å². The van der Waals surface area contributed by atoms with E-state index in [9.17, 15) is 9.90 Å². The maximum absolute atomic E-state index is 11.9. The number of pyridine rings is 1. The molecule has 1 aromatic carbocycles. The first kappa shape index (κ1) is 16.6. The van der Waals surface area contributed by atoms with Gasteiger partial charge in [-0.3, -0.25) is 9.78 Å². The fourth-order valence-corrected chi connectivity index (χ4v) is 2.99. The normalized spacial score (nSPS) is 17.1. The quantitative estimate of drug-likeness (QED) is 0.857. The van der Waals surface area contributed by atoms with Crippen LogP contribution >= 0.6 is 0 Å². The predicted molar refractivity (Wildman–Crippen MR) is 93.6 cm³/mol. The second-order valence-electron chi connectivity index (χ2n) is 6.17. The molecule has 2 aromatic rings. The lowest BCUT2D eigenvalue weighted by molar-refractivity contribution is -0.117. The fraction of sp³-hybridized carbons (Fsp3) is 0.368. The van der Waals surface area contributed by atoms with Crippen LogP contribution in [0.5, 0.6) is 0 Å². The van der Waals surface area contributed by atoms with E-state index in [0.717, 1.165) is 29.8 Å². The zero-order valence-electron chi connectivity index (χ0n) is 13.9. The number of aromatic nitrogens is 1. The maximum atomic E-state index is 11.9. The van der Waals surface area contributed by atoms with E-state index in [-0.39, 0.29) is 11.9 Å². The highest BCUT2D eigenvalue weighted by Gasteiger charge is 2.22. The lowest BCUT2D eigenvalue weighted by Crippen LogP contribution is -2.26. The molecule has 5 nitrogen and oxygen atoms in total. The molecule has 1 amide bonds. The number of amides is 1. The second-order valence-corrected chi connectivity index (χ2v) is 6.17. The fourth-order valence-electron chi connectivity index (χ4n) is 2.99. The van der Waals surface area contributed by atoms with Crippen molar-refractivity contribution in [3.05, 3.63) is 59.9 Å². The molecule has 2 heterocycles. The van der Waals surface area contributed by atoms with Gasteiger partial charge in [-0.1, -0.05) is 12.1 Å². The highest BCUT2D eigenvalue weighted by atomic mass is 16.3. The Bertz CT molecular complexity index is 690. The van der Waals surface area contributed by atoms with Crippen LogP contribution in [0.1, 0.15) is 43.0 Å². The van der Waals surface area contributed by atoms with Gasteiger partial charge in [0.2, 0.25) is 5.91 Å². The zero-order chi connectivity index (χ0) is 16.9. The maximum Gasteiger partial charge on any atom is 0.227 e. The van der Waals surface area contributed by atoms with E-state index in [0.29, 0.717) is 13.0 Å². The SMILES string of the molecule is CC(NCC(O)c1ccncc1)c1cccc(N2CCCC2=O)c1. The molecule has 2 N–H and O–H groups in total. The van der Waals surface area contributed by atoms with Gasteiger partial charge < -0.3 is 15.3 Å². The molecule has 1 saturated heterocycles. The van der Waals surface area contributed by atoms with Crippen LogP contribution in [-0.4, -0.2) is 29.1 Å². The van der Waals surface area contributed by atoms with Crippen molar-refractivity contribution < 1.29 is 9.90 Å². The molecule has 24 heavy (non-hydrogen) atoms. The molecular formula is C19H23N3O2. The number of nitrogens with one attached hydrogen (secondary N) is 1. The number of rotatable bonds is 6. The van der Waals surface area contributed by atoms with E-state index in [1.54, 1.807) is 12.4 Å². The smallest absolute Gasteiger partial charge is 0.227 e. The Morgan fingerprint density at radius 2 is 2.04 bits per heavy atom. The molecule has 5 heteroatoms. The Morgan fingerprint density at radius 1 is 1.25 bits per heavy atom. The van der Waals surface area contributed by atoms with Crippen molar-refractivity contribution in [2.45, 2.75) is 31.9 Å². The van der Waals surface area contributed by atoms with E-state index in [1.807, 2.05) is 35.2 Å². The molecule has 3 rings (SSSR count). The van der Waals surface area contributed by atoms with Gasteiger partial charge in [-0.15, -0.1) is 0 Å². The monoisotopic (exact) mass is 325 g/mol. The molecule has 1 aliphatic rings. The summed E-state index contributed by atoms with van der Waals surface area (Å²) in [5.74, 6) is 0.195. The molecular weight excluding hydrogens is 302 g/mol. The third kappa shape index (κ3) is 3.80. The molecule has 0 bridgehead atoms. The Hall–Kier alpha value is -2.24. The molecule has 1 aliphatic heterocycles. The van der Waals surface area contributed by atoms with Crippen molar-refractivity contribution in [3.63, 3.8) is 0 Å². The van der Waals surface area contributed by atoms with E-state index in [4.69, 9.17) is 0 Å². The first-order chi connectivity index (χ1) is 11.6. The number of hydrogen-bond acceptors (Lipinski definition) is 4. The van der Waals surface area contributed by atoms with Crippen LogP contribution in [0.2, 0.25) is 0 Å². The third-order valence-electron chi connectivity index (χ3n) is 4.46. The molecule has 0 aliphatic carbocycles. The number of aliphatic hydroxyl groups excluding tert-OH is 1. The van der Waals surface area contributed by atoms with Gasteiger partial charge >= 0.3 is 0 Å². The highest BCUT2D eigenvalue weighted by Crippen LogP contribution is 2.25. The summed E-state index contributed by atoms with van der Waals surface area (Å²) in [4.78, 5) is 17.7. The summed E-state index contributed by atoms with van der Waals surface area (Å²) in [6.07, 6.45) is 4.35. The summed E-state index contributed by atoms with van der Waals surface area (Å²) in [6.45, 7) is 3.31. The average molecular weight is 325 g/mol. The molecule has 1 aromatic heterocycles. The van der Waals surface area contributed by atoms with Gasteiger partial charge in [0, 0.05) is 43.6 Å².